The van der Waals surface area contributed by atoms with Crippen LogP contribution in [0.5, 0.6) is 0 Å². The third-order valence-electron chi connectivity index (χ3n) is 4.21. The number of hydrogen-bond acceptors (Lipinski definition) is 4. The number of fused-ring (bicyclic) bond motifs is 2. The highest BCUT2D eigenvalue weighted by atomic mass is 16.5. The minimum Gasteiger partial charge on any atom is -0.396 e. The Morgan fingerprint density at radius 3 is 3.00 bits per heavy atom. The molecule has 1 saturated carbocycles. The first-order chi connectivity index (χ1) is 8.61. The fourth-order valence-corrected chi connectivity index (χ4v) is 3.21. The van der Waals surface area contributed by atoms with Gasteiger partial charge in [-0.2, -0.15) is 0 Å². The molecule has 3 rings (SSSR count). The van der Waals surface area contributed by atoms with Crippen LogP contribution in [0.2, 0.25) is 0 Å². The van der Waals surface area contributed by atoms with Crippen LogP contribution < -0.4 is 11.2 Å². The van der Waals surface area contributed by atoms with E-state index in [0.29, 0.717) is 12.2 Å². The number of H-pyrrole nitrogens is 1. The Kier molecular flexibility index (Phi) is 2.64. The smallest absolute Gasteiger partial charge is 0.328 e. The highest BCUT2D eigenvalue weighted by molar-refractivity contribution is 5.06. The van der Waals surface area contributed by atoms with Gasteiger partial charge in [0.15, 0.2) is 0 Å². The molecule has 2 bridgehead atoms. The highest BCUT2D eigenvalue weighted by Crippen LogP contribution is 2.46. The molecule has 1 aromatic heterocycles. The molecule has 4 atom stereocenters. The Hall–Kier alpha value is -1.40. The zero-order chi connectivity index (χ0) is 12.9. The van der Waals surface area contributed by atoms with Crippen molar-refractivity contribution < 1.29 is 9.84 Å². The molecule has 1 aromatic rings. The summed E-state index contributed by atoms with van der Waals surface area (Å²) in [7, 11) is 0. The number of aromatic nitrogens is 2. The van der Waals surface area contributed by atoms with Crippen LogP contribution in [0, 0.1) is 18.8 Å². The maximum atomic E-state index is 11.9. The largest absolute Gasteiger partial charge is 0.396 e. The third-order valence-corrected chi connectivity index (χ3v) is 4.21. The van der Waals surface area contributed by atoms with Crippen molar-refractivity contribution in [3.05, 3.63) is 32.6 Å². The molecule has 18 heavy (non-hydrogen) atoms. The van der Waals surface area contributed by atoms with E-state index in [4.69, 9.17) is 4.74 Å². The van der Waals surface area contributed by atoms with Gasteiger partial charge in [-0.3, -0.25) is 14.3 Å². The van der Waals surface area contributed by atoms with Gasteiger partial charge in [-0.25, -0.2) is 4.79 Å². The highest BCUT2D eigenvalue weighted by Gasteiger charge is 2.49. The van der Waals surface area contributed by atoms with Crippen molar-refractivity contribution in [3.63, 3.8) is 0 Å². The monoisotopic (exact) mass is 252 g/mol. The van der Waals surface area contributed by atoms with E-state index in [2.05, 4.69) is 4.98 Å². The molecule has 98 valence electrons. The molecule has 2 heterocycles. The summed E-state index contributed by atoms with van der Waals surface area (Å²) in [6.45, 7) is 2.34. The average molecular weight is 252 g/mol. The first kappa shape index (κ1) is 11.7. The molecule has 1 aliphatic heterocycles. The van der Waals surface area contributed by atoms with Gasteiger partial charge in [-0.15, -0.1) is 0 Å². The number of aliphatic hydroxyl groups is 1. The molecule has 2 fully saturated rings. The summed E-state index contributed by atoms with van der Waals surface area (Å²) in [4.78, 5) is 25.5. The van der Waals surface area contributed by atoms with E-state index in [1.165, 1.54) is 0 Å². The van der Waals surface area contributed by atoms with Gasteiger partial charge in [-0.05, 0) is 13.3 Å². The zero-order valence-corrected chi connectivity index (χ0v) is 10.1. The molecule has 0 amide bonds. The molecule has 1 aliphatic carbocycles. The number of ether oxygens (including phenoxy) is 1. The number of aryl methyl sites for hydroxylation is 1. The SMILES string of the molecule is Cc1cn([C@H]2C[C@@H]3OC[C@H]2[C@@H]3CO)c(=O)[nH]c1=O. The zero-order valence-electron chi connectivity index (χ0n) is 10.1. The summed E-state index contributed by atoms with van der Waals surface area (Å²) in [6.07, 6.45) is 2.37. The fourth-order valence-electron chi connectivity index (χ4n) is 3.21. The van der Waals surface area contributed by atoms with Crippen molar-refractivity contribution in [3.8, 4) is 0 Å². The molecular weight excluding hydrogens is 236 g/mol. The standard InChI is InChI=1S/C12H16N2O4/c1-6-3-14(12(17)13-11(6)16)9-2-10-7(4-15)8(9)5-18-10/h3,7-10,15H,2,4-5H2,1H3,(H,13,16,17)/t7-,8-,9-,10-/m0/s1. The van der Waals surface area contributed by atoms with Gasteiger partial charge < -0.3 is 9.84 Å². The Labute approximate surface area is 103 Å². The van der Waals surface area contributed by atoms with Gasteiger partial charge in [0, 0.05) is 36.2 Å². The third kappa shape index (κ3) is 1.56. The molecule has 2 N–H and O–H groups in total. The topological polar surface area (TPSA) is 84.3 Å². The minimum atomic E-state index is -0.375. The lowest BCUT2D eigenvalue weighted by molar-refractivity contribution is 0.0460. The number of rotatable bonds is 2. The predicted octanol–water partition coefficient (Wildman–Crippen LogP) is -0.587. The summed E-state index contributed by atoms with van der Waals surface area (Å²) < 4.78 is 7.14. The minimum absolute atomic E-state index is 0.0175. The number of aromatic amines is 1. The van der Waals surface area contributed by atoms with E-state index >= 15 is 0 Å². The van der Waals surface area contributed by atoms with E-state index in [1.54, 1.807) is 17.7 Å². The second-order valence-electron chi connectivity index (χ2n) is 5.16. The van der Waals surface area contributed by atoms with Crippen LogP contribution in [-0.4, -0.2) is 34.0 Å². The van der Waals surface area contributed by atoms with E-state index in [-0.39, 0.29) is 41.8 Å². The van der Waals surface area contributed by atoms with Crippen LogP contribution in [0.4, 0.5) is 0 Å². The molecule has 2 aliphatic rings. The van der Waals surface area contributed by atoms with Gasteiger partial charge in [0.2, 0.25) is 0 Å². The van der Waals surface area contributed by atoms with Gasteiger partial charge in [0.25, 0.3) is 5.56 Å². The summed E-state index contributed by atoms with van der Waals surface area (Å²) in [5.74, 6) is 0.261. The van der Waals surface area contributed by atoms with Gasteiger partial charge in [0.05, 0.1) is 12.7 Å². The van der Waals surface area contributed by atoms with Crippen molar-refractivity contribution >= 4 is 0 Å². The summed E-state index contributed by atoms with van der Waals surface area (Å²) in [6, 6.07) is 0.0175. The van der Waals surface area contributed by atoms with Crippen molar-refractivity contribution in [2.75, 3.05) is 13.2 Å². The quantitative estimate of drug-likeness (QED) is 0.737. The van der Waals surface area contributed by atoms with Gasteiger partial charge >= 0.3 is 5.69 Å². The lowest BCUT2D eigenvalue weighted by atomic mass is 9.96. The maximum absolute atomic E-state index is 11.9. The first-order valence-electron chi connectivity index (χ1n) is 6.16. The van der Waals surface area contributed by atoms with E-state index in [9.17, 15) is 14.7 Å². The second-order valence-corrected chi connectivity index (χ2v) is 5.16. The Balaban J connectivity index is 2.00. The van der Waals surface area contributed by atoms with Crippen molar-refractivity contribution in [1.29, 1.82) is 0 Å². The fraction of sp³-hybridized carbons (Fsp3) is 0.667. The Bertz CT molecular complexity index is 576. The van der Waals surface area contributed by atoms with Crippen LogP contribution in [0.1, 0.15) is 18.0 Å². The predicted molar refractivity (Wildman–Crippen MR) is 63.5 cm³/mol. The number of aliphatic hydroxyl groups excluding tert-OH is 1. The van der Waals surface area contributed by atoms with Crippen LogP contribution >= 0.6 is 0 Å². The number of hydrogen-bond donors (Lipinski definition) is 2. The van der Waals surface area contributed by atoms with Gasteiger partial charge in [0.1, 0.15) is 0 Å². The molecule has 1 saturated heterocycles. The van der Waals surface area contributed by atoms with Gasteiger partial charge in [-0.1, -0.05) is 0 Å². The molecule has 6 nitrogen and oxygen atoms in total. The number of nitrogens with zero attached hydrogens (tertiary/aromatic N) is 1. The van der Waals surface area contributed by atoms with E-state index < -0.39 is 0 Å². The average Bonchev–Trinajstić information content (AvgIpc) is 2.90. The molecule has 0 radical (unpaired) electrons. The van der Waals surface area contributed by atoms with E-state index in [1.807, 2.05) is 0 Å². The van der Waals surface area contributed by atoms with E-state index in [0.717, 1.165) is 6.42 Å². The lowest BCUT2D eigenvalue weighted by Gasteiger charge is -2.24. The summed E-state index contributed by atoms with van der Waals surface area (Å²) in [5.41, 5.74) is -0.187. The maximum Gasteiger partial charge on any atom is 0.328 e. The van der Waals surface area contributed by atoms with Crippen LogP contribution in [0.15, 0.2) is 15.8 Å². The molecule has 0 aromatic carbocycles. The van der Waals surface area contributed by atoms with Crippen molar-refractivity contribution in [2.24, 2.45) is 11.8 Å². The molecule has 0 unspecified atom stereocenters. The van der Waals surface area contributed by atoms with Crippen LogP contribution in [0.25, 0.3) is 0 Å². The van der Waals surface area contributed by atoms with Crippen LogP contribution in [-0.2, 0) is 4.74 Å². The normalized spacial score (nSPS) is 34.1. The van der Waals surface area contributed by atoms with Crippen LogP contribution in [0.3, 0.4) is 0 Å². The molecular formula is C12H16N2O4. The van der Waals surface area contributed by atoms with Crippen molar-refractivity contribution in [1.82, 2.24) is 9.55 Å². The second kappa shape index (κ2) is 4.07. The Morgan fingerprint density at radius 1 is 1.56 bits per heavy atom. The molecule has 6 heteroatoms. The summed E-state index contributed by atoms with van der Waals surface area (Å²) >= 11 is 0. The summed E-state index contributed by atoms with van der Waals surface area (Å²) in [5, 5.41) is 9.35. The number of nitrogens with one attached hydrogen (secondary N) is 1. The first-order valence-corrected chi connectivity index (χ1v) is 6.16. The lowest BCUT2D eigenvalue weighted by Crippen LogP contribution is -2.36. The Morgan fingerprint density at radius 2 is 2.33 bits per heavy atom. The van der Waals surface area contributed by atoms with Crippen molar-refractivity contribution in [2.45, 2.75) is 25.5 Å². The molecule has 0 spiro atoms.